The fourth-order valence-corrected chi connectivity index (χ4v) is 5.68. The smallest absolute Gasteiger partial charge is 0.266 e. The van der Waals surface area contributed by atoms with E-state index >= 15 is 0 Å². The Morgan fingerprint density at radius 2 is 2.32 bits per heavy atom. The lowest BCUT2D eigenvalue weighted by Crippen LogP contribution is -2.45. The Kier molecular flexibility index (Phi) is 5.03. The zero-order chi connectivity index (χ0) is 18.2. The van der Waals surface area contributed by atoms with Crippen molar-refractivity contribution in [2.45, 2.75) is 12.5 Å². The summed E-state index contributed by atoms with van der Waals surface area (Å²) in [6, 6.07) is 3.07. The summed E-state index contributed by atoms with van der Waals surface area (Å²) < 4.78 is 28.6. The molecule has 1 atom stereocenters. The maximum atomic E-state index is 12.5. The van der Waals surface area contributed by atoms with Gasteiger partial charge in [0.15, 0.2) is 9.84 Å². The first-order valence-corrected chi connectivity index (χ1v) is 10.6. The van der Waals surface area contributed by atoms with E-state index in [4.69, 9.17) is 16.6 Å². The first-order valence-electron chi connectivity index (χ1n) is 7.52. The van der Waals surface area contributed by atoms with E-state index in [1.165, 1.54) is 16.1 Å². The Balaban J connectivity index is 1.67. The molecule has 0 saturated carbocycles. The summed E-state index contributed by atoms with van der Waals surface area (Å²) >= 11 is 6.30. The molecule has 3 rings (SSSR count). The van der Waals surface area contributed by atoms with Crippen molar-refractivity contribution in [3.63, 3.8) is 0 Å². The van der Waals surface area contributed by atoms with Gasteiger partial charge in [-0.05, 0) is 18.6 Å². The molecule has 2 saturated heterocycles. The van der Waals surface area contributed by atoms with Crippen molar-refractivity contribution < 1.29 is 22.4 Å². The van der Waals surface area contributed by atoms with Crippen LogP contribution < -0.4 is 0 Å². The van der Waals surface area contributed by atoms with Gasteiger partial charge in [0, 0.05) is 19.2 Å². The molecule has 1 aromatic heterocycles. The molecule has 0 radical (unpaired) electrons. The van der Waals surface area contributed by atoms with Crippen molar-refractivity contribution in [1.29, 1.82) is 0 Å². The summed E-state index contributed by atoms with van der Waals surface area (Å²) in [6.07, 6.45) is 3.50. The van der Waals surface area contributed by atoms with Gasteiger partial charge in [0.05, 0.1) is 22.7 Å². The van der Waals surface area contributed by atoms with Gasteiger partial charge < -0.3 is 9.32 Å². The van der Waals surface area contributed by atoms with E-state index < -0.39 is 9.84 Å². The molecule has 7 nitrogen and oxygen atoms in total. The molecule has 2 amide bonds. The lowest BCUT2D eigenvalue weighted by molar-refractivity contribution is -0.135. The number of carbonyl (C=O) groups is 2. The van der Waals surface area contributed by atoms with Crippen LogP contribution in [0.15, 0.2) is 27.7 Å². The number of furan rings is 1. The molecule has 2 aliphatic rings. The van der Waals surface area contributed by atoms with Crippen LogP contribution in [0.2, 0.25) is 0 Å². The van der Waals surface area contributed by atoms with Gasteiger partial charge in [0.2, 0.25) is 5.91 Å². The number of thioether (sulfide) groups is 1. The molecule has 2 aliphatic heterocycles. The minimum atomic E-state index is -3.08. The third-order valence-corrected chi connectivity index (χ3v) is 7.26. The van der Waals surface area contributed by atoms with Gasteiger partial charge in [-0.15, -0.1) is 0 Å². The standard InChI is InChI=1S/C15H16N2O5S3/c1-16(10-4-6-25(20,21)9-10)13(18)8-17-14(19)12(24-15(17)23)7-11-3-2-5-22-11/h2-3,5,7,10H,4,6,8-9H2,1H3. The SMILES string of the molecule is CN(C(=O)CN1C(=O)C(=Cc2ccco2)SC1=S)C1CCS(=O)(=O)C1. The third kappa shape index (κ3) is 3.96. The van der Waals surface area contributed by atoms with Gasteiger partial charge in [-0.25, -0.2) is 8.42 Å². The number of sulfone groups is 1. The maximum absolute atomic E-state index is 12.5. The highest BCUT2D eigenvalue weighted by Crippen LogP contribution is 2.32. The van der Waals surface area contributed by atoms with Gasteiger partial charge >= 0.3 is 0 Å². The van der Waals surface area contributed by atoms with Crippen LogP contribution in [-0.2, 0) is 19.4 Å². The van der Waals surface area contributed by atoms with Crippen molar-refractivity contribution in [3.05, 3.63) is 29.1 Å². The summed E-state index contributed by atoms with van der Waals surface area (Å²) in [5.41, 5.74) is 0. The lowest BCUT2D eigenvalue weighted by atomic mass is 10.2. The number of carbonyl (C=O) groups excluding carboxylic acids is 2. The van der Waals surface area contributed by atoms with E-state index in [-0.39, 0.29) is 35.9 Å². The van der Waals surface area contributed by atoms with Crippen LogP contribution in [0.25, 0.3) is 6.08 Å². The fourth-order valence-electron chi connectivity index (χ4n) is 2.67. The molecule has 0 bridgehead atoms. The predicted molar refractivity (Wildman–Crippen MR) is 98.4 cm³/mol. The topological polar surface area (TPSA) is 87.9 Å². The monoisotopic (exact) mass is 400 g/mol. The van der Waals surface area contributed by atoms with Gasteiger partial charge in [-0.3, -0.25) is 14.5 Å². The minimum absolute atomic E-state index is 0.0357. The fraction of sp³-hybridized carbons (Fsp3) is 0.400. The Morgan fingerprint density at radius 3 is 2.92 bits per heavy atom. The van der Waals surface area contributed by atoms with E-state index in [0.29, 0.717) is 21.4 Å². The first kappa shape index (κ1) is 18.2. The van der Waals surface area contributed by atoms with E-state index in [1.807, 2.05) is 0 Å². The zero-order valence-corrected chi connectivity index (χ0v) is 15.8. The highest BCUT2D eigenvalue weighted by Gasteiger charge is 2.37. The quantitative estimate of drug-likeness (QED) is 0.553. The molecular formula is C15H16N2O5S3. The molecule has 0 spiro atoms. The Labute approximate surface area is 154 Å². The number of hydrogen-bond acceptors (Lipinski definition) is 7. The Bertz CT molecular complexity index is 845. The van der Waals surface area contributed by atoms with Crippen LogP contribution in [0.5, 0.6) is 0 Å². The molecule has 25 heavy (non-hydrogen) atoms. The van der Waals surface area contributed by atoms with Gasteiger partial charge in [0.1, 0.15) is 16.6 Å². The van der Waals surface area contributed by atoms with Crippen LogP contribution in [0, 0.1) is 0 Å². The number of nitrogens with zero attached hydrogens (tertiary/aromatic N) is 2. The third-order valence-electron chi connectivity index (χ3n) is 4.13. The van der Waals surface area contributed by atoms with Gasteiger partial charge in [-0.2, -0.15) is 0 Å². The summed E-state index contributed by atoms with van der Waals surface area (Å²) in [5, 5.41) is 0. The van der Waals surface area contributed by atoms with Gasteiger partial charge in [0.25, 0.3) is 5.91 Å². The van der Waals surface area contributed by atoms with Crippen molar-refractivity contribution in [1.82, 2.24) is 9.80 Å². The van der Waals surface area contributed by atoms with Crippen molar-refractivity contribution >= 4 is 56.0 Å². The van der Waals surface area contributed by atoms with E-state index in [1.54, 1.807) is 25.3 Å². The summed E-state index contributed by atoms with van der Waals surface area (Å²) in [4.78, 5) is 27.9. The van der Waals surface area contributed by atoms with Crippen LogP contribution >= 0.6 is 24.0 Å². The average Bonchev–Trinajstić information content (AvgIpc) is 3.24. The maximum Gasteiger partial charge on any atom is 0.266 e. The van der Waals surface area contributed by atoms with Gasteiger partial charge in [-0.1, -0.05) is 24.0 Å². The zero-order valence-electron chi connectivity index (χ0n) is 13.4. The second-order valence-corrected chi connectivity index (χ2v) is 9.75. The predicted octanol–water partition coefficient (Wildman–Crippen LogP) is 1.13. The van der Waals surface area contributed by atoms with Crippen LogP contribution in [0.4, 0.5) is 0 Å². The summed E-state index contributed by atoms with van der Waals surface area (Å²) in [6.45, 7) is -0.201. The molecule has 10 heteroatoms. The summed E-state index contributed by atoms with van der Waals surface area (Å²) in [5.74, 6) is -0.112. The second kappa shape index (κ2) is 6.93. The largest absolute Gasteiger partial charge is 0.465 e. The number of hydrogen-bond donors (Lipinski definition) is 0. The van der Waals surface area contributed by atoms with Crippen molar-refractivity contribution in [3.8, 4) is 0 Å². The van der Waals surface area contributed by atoms with E-state index in [0.717, 1.165) is 11.8 Å². The molecule has 2 fully saturated rings. The van der Waals surface area contributed by atoms with Crippen LogP contribution in [0.1, 0.15) is 12.2 Å². The highest BCUT2D eigenvalue weighted by molar-refractivity contribution is 8.26. The normalized spacial score (nSPS) is 24.3. The summed E-state index contributed by atoms with van der Waals surface area (Å²) in [7, 11) is -1.52. The Morgan fingerprint density at radius 1 is 1.56 bits per heavy atom. The average molecular weight is 401 g/mol. The molecular weight excluding hydrogens is 384 g/mol. The van der Waals surface area contributed by atoms with Crippen LogP contribution in [-0.4, -0.2) is 65.5 Å². The number of amides is 2. The number of thiocarbonyl (C=S) groups is 1. The van der Waals surface area contributed by atoms with E-state index in [9.17, 15) is 18.0 Å². The Hall–Kier alpha value is -1.65. The first-order chi connectivity index (χ1) is 11.8. The molecule has 1 unspecified atom stereocenters. The van der Waals surface area contributed by atoms with Crippen molar-refractivity contribution in [2.75, 3.05) is 25.1 Å². The van der Waals surface area contributed by atoms with Crippen molar-refractivity contribution in [2.24, 2.45) is 0 Å². The molecule has 1 aromatic rings. The number of rotatable bonds is 4. The molecule has 0 aliphatic carbocycles. The lowest BCUT2D eigenvalue weighted by Gasteiger charge is -2.25. The highest BCUT2D eigenvalue weighted by atomic mass is 32.2. The molecule has 0 aromatic carbocycles. The minimum Gasteiger partial charge on any atom is -0.465 e. The molecule has 0 N–H and O–H groups in total. The van der Waals surface area contributed by atoms with E-state index in [2.05, 4.69) is 0 Å². The molecule has 3 heterocycles. The second-order valence-electron chi connectivity index (χ2n) is 5.84. The molecule has 134 valence electrons. The number of likely N-dealkylation sites (N-methyl/N-ethyl adjacent to an activating group) is 1. The van der Waals surface area contributed by atoms with Crippen LogP contribution in [0.3, 0.4) is 0 Å².